The third-order valence-electron chi connectivity index (χ3n) is 4.33. The van der Waals surface area contributed by atoms with Crippen LogP contribution in [0.1, 0.15) is 28.4 Å². The molecule has 0 saturated heterocycles. The Labute approximate surface area is 171 Å². The Morgan fingerprint density at radius 2 is 2.00 bits per heavy atom. The molecule has 1 aromatic heterocycles. The first kappa shape index (κ1) is 20.3. The number of hydrogen-bond acceptors (Lipinski definition) is 4. The Balaban J connectivity index is 1.99. The number of anilines is 1. The zero-order valence-corrected chi connectivity index (χ0v) is 16.3. The predicted molar refractivity (Wildman–Crippen MR) is 109 cm³/mol. The summed E-state index contributed by atoms with van der Waals surface area (Å²) in [5.41, 5.74) is 6.41. The van der Waals surface area contributed by atoms with Crippen LogP contribution in [0.2, 0.25) is 5.02 Å². The Morgan fingerprint density at radius 1 is 1.24 bits per heavy atom. The van der Waals surface area contributed by atoms with Gasteiger partial charge in [-0.2, -0.15) is 5.10 Å². The minimum Gasteiger partial charge on any atom is -0.373 e. The van der Waals surface area contributed by atoms with Crippen molar-refractivity contribution in [3.8, 4) is 11.3 Å². The molecule has 2 aromatic carbocycles. The monoisotopic (exact) mass is 415 g/mol. The lowest BCUT2D eigenvalue weighted by atomic mass is 10.0. The van der Waals surface area contributed by atoms with Gasteiger partial charge in [-0.3, -0.25) is 14.7 Å². The molecule has 29 heavy (non-hydrogen) atoms. The van der Waals surface area contributed by atoms with E-state index in [-0.39, 0.29) is 23.2 Å². The maximum Gasteiger partial charge on any atom is 0.257 e. The third-order valence-corrected chi connectivity index (χ3v) is 4.57. The highest BCUT2D eigenvalue weighted by atomic mass is 35.5. The van der Waals surface area contributed by atoms with E-state index in [9.17, 15) is 14.0 Å². The van der Waals surface area contributed by atoms with Gasteiger partial charge in [0.2, 0.25) is 5.91 Å². The zero-order chi connectivity index (χ0) is 21.0. The van der Waals surface area contributed by atoms with Crippen LogP contribution in [0.15, 0.2) is 48.5 Å². The molecule has 0 saturated carbocycles. The summed E-state index contributed by atoms with van der Waals surface area (Å²) in [4.78, 5) is 24.7. The van der Waals surface area contributed by atoms with E-state index in [0.29, 0.717) is 16.4 Å². The fraction of sp³-hybridized carbons (Fsp3) is 0.150. The van der Waals surface area contributed by atoms with E-state index < -0.39 is 23.7 Å². The fourth-order valence-corrected chi connectivity index (χ4v) is 3.20. The van der Waals surface area contributed by atoms with Crippen LogP contribution in [0.3, 0.4) is 0 Å². The predicted octanol–water partition coefficient (Wildman–Crippen LogP) is 3.26. The minimum absolute atomic E-state index is 0.120. The minimum atomic E-state index is -0.716. The number of nitrogens with one attached hydrogen (secondary N) is 3. The molecule has 3 rings (SSSR count). The molecule has 9 heteroatoms. The van der Waals surface area contributed by atoms with Crippen molar-refractivity contribution in [1.29, 1.82) is 0 Å². The SMILES string of the molecule is CNc1[nH]nc(-c2ccccc2F)c1C(=O)N[C@@H](CC(N)=O)c1cccc(Cl)c1. The largest absolute Gasteiger partial charge is 0.373 e. The summed E-state index contributed by atoms with van der Waals surface area (Å²) in [5.74, 6) is -1.35. The molecule has 1 atom stereocenters. The van der Waals surface area contributed by atoms with Crippen LogP contribution < -0.4 is 16.4 Å². The first-order valence-corrected chi connectivity index (χ1v) is 9.14. The summed E-state index contributed by atoms with van der Waals surface area (Å²) < 4.78 is 14.3. The van der Waals surface area contributed by atoms with Crippen molar-refractivity contribution >= 4 is 29.2 Å². The molecule has 2 amide bonds. The van der Waals surface area contributed by atoms with Gasteiger partial charge in [-0.1, -0.05) is 35.9 Å². The van der Waals surface area contributed by atoms with Crippen molar-refractivity contribution < 1.29 is 14.0 Å². The van der Waals surface area contributed by atoms with Gasteiger partial charge in [-0.15, -0.1) is 0 Å². The summed E-state index contributed by atoms with van der Waals surface area (Å²) in [6.45, 7) is 0. The number of carbonyl (C=O) groups excluding carboxylic acids is 2. The number of H-pyrrole nitrogens is 1. The van der Waals surface area contributed by atoms with Gasteiger partial charge in [0, 0.05) is 17.6 Å². The number of halogens is 2. The highest BCUT2D eigenvalue weighted by Crippen LogP contribution is 2.30. The number of primary amides is 1. The number of aromatic amines is 1. The summed E-state index contributed by atoms with van der Waals surface area (Å²) >= 11 is 6.04. The number of nitrogens with zero attached hydrogens (tertiary/aromatic N) is 1. The van der Waals surface area contributed by atoms with Gasteiger partial charge in [-0.05, 0) is 29.8 Å². The summed E-state index contributed by atoms with van der Waals surface area (Å²) in [5, 5.41) is 12.9. The average molecular weight is 416 g/mol. The van der Waals surface area contributed by atoms with Crippen molar-refractivity contribution in [3.05, 3.63) is 70.5 Å². The van der Waals surface area contributed by atoms with E-state index in [1.165, 1.54) is 12.1 Å². The topological polar surface area (TPSA) is 113 Å². The molecule has 0 aliphatic rings. The van der Waals surface area contributed by atoms with Gasteiger partial charge in [0.25, 0.3) is 5.91 Å². The highest BCUT2D eigenvalue weighted by molar-refractivity contribution is 6.30. The second-order valence-corrected chi connectivity index (χ2v) is 6.74. The number of rotatable bonds is 7. The molecule has 5 N–H and O–H groups in total. The van der Waals surface area contributed by atoms with E-state index in [1.807, 2.05) is 0 Å². The molecule has 0 bridgehead atoms. The van der Waals surface area contributed by atoms with Crippen LogP contribution in [0, 0.1) is 5.82 Å². The van der Waals surface area contributed by atoms with Crippen molar-refractivity contribution in [2.24, 2.45) is 5.73 Å². The molecule has 150 valence electrons. The number of aromatic nitrogens is 2. The number of amides is 2. The lowest BCUT2D eigenvalue weighted by Gasteiger charge is -2.19. The molecular formula is C20H19ClFN5O2. The van der Waals surface area contributed by atoms with E-state index >= 15 is 0 Å². The van der Waals surface area contributed by atoms with E-state index in [4.69, 9.17) is 17.3 Å². The van der Waals surface area contributed by atoms with E-state index in [1.54, 1.807) is 43.4 Å². The molecule has 0 fully saturated rings. The third kappa shape index (κ3) is 4.55. The zero-order valence-electron chi connectivity index (χ0n) is 15.5. The van der Waals surface area contributed by atoms with Crippen LogP contribution in [0.4, 0.5) is 10.2 Å². The van der Waals surface area contributed by atoms with Crippen molar-refractivity contribution in [2.75, 3.05) is 12.4 Å². The summed E-state index contributed by atoms with van der Waals surface area (Å²) in [6, 6.07) is 12.0. The van der Waals surface area contributed by atoms with Crippen LogP contribution in [-0.4, -0.2) is 29.1 Å². The maximum atomic E-state index is 14.3. The number of nitrogens with two attached hydrogens (primary N) is 1. The summed E-state index contributed by atoms with van der Waals surface area (Å²) in [7, 11) is 1.60. The number of hydrogen-bond donors (Lipinski definition) is 4. The molecular weight excluding hydrogens is 397 g/mol. The normalized spacial score (nSPS) is 11.7. The molecule has 0 spiro atoms. The first-order valence-electron chi connectivity index (χ1n) is 8.76. The van der Waals surface area contributed by atoms with Crippen molar-refractivity contribution in [1.82, 2.24) is 15.5 Å². The molecule has 0 aliphatic carbocycles. The van der Waals surface area contributed by atoms with E-state index in [0.717, 1.165) is 0 Å². The molecule has 7 nitrogen and oxygen atoms in total. The van der Waals surface area contributed by atoms with Gasteiger partial charge in [-0.25, -0.2) is 4.39 Å². The Kier molecular flexibility index (Phi) is 6.13. The smallest absolute Gasteiger partial charge is 0.257 e. The van der Waals surface area contributed by atoms with Crippen LogP contribution in [-0.2, 0) is 4.79 Å². The van der Waals surface area contributed by atoms with Gasteiger partial charge < -0.3 is 16.4 Å². The molecule has 0 aliphatic heterocycles. The lowest BCUT2D eigenvalue weighted by molar-refractivity contribution is -0.118. The standard InChI is InChI=1S/C20H19ClFN5O2/c1-24-19-17(18(26-27-19)13-7-2-3-8-14(13)22)20(29)25-15(10-16(23)28)11-5-4-6-12(21)9-11/h2-9,15H,10H2,1H3,(H2,23,28)(H,25,29)(H2,24,26,27)/t15-/m0/s1. The van der Waals surface area contributed by atoms with Gasteiger partial charge in [0.05, 0.1) is 12.5 Å². The fourth-order valence-electron chi connectivity index (χ4n) is 3.00. The van der Waals surface area contributed by atoms with E-state index in [2.05, 4.69) is 20.8 Å². The Hall–Kier alpha value is -3.39. The number of benzene rings is 2. The van der Waals surface area contributed by atoms with Crippen LogP contribution in [0.5, 0.6) is 0 Å². The maximum absolute atomic E-state index is 14.3. The van der Waals surface area contributed by atoms with Gasteiger partial charge in [0.15, 0.2) is 0 Å². The Morgan fingerprint density at radius 3 is 2.66 bits per heavy atom. The van der Waals surface area contributed by atoms with Crippen molar-refractivity contribution in [2.45, 2.75) is 12.5 Å². The second-order valence-electron chi connectivity index (χ2n) is 6.30. The molecule has 0 radical (unpaired) electrons. The second kappa shape index (κ2) is 8.74. The Bertz CT molecular complexity index is 1050. The highest BCUT2D eigenvalue weighted by Gasteiger charge is 2.26. The number of carbonyl (C=O) groups is 2. The lowest BCUT2D eigenvalue weighted by Crippen LogP contribution is -2.32. The van der Waals surface area contributed by atoms with Crippen LogP contribution in [0.25, 0.3) is 11.3 Å². The van der Waals surface area contributed by atoms with Crippen LogP contribution >= 0.6 is 11.6 Å². The average Bonchev–Trinajstić information content (AvgIpc) is 3.11. The molecule has 3 aromatic rings. The summed E-state index contributed by atoms with van der Waals surface area (Å²) in [6.07, 6.45) is -0.131. The molecule has 0 unspecified atom stereocenters. The molecule has 1 heterocycles. The quantitative estimate of drug-likeness (QED) is 0.474. The van der Waals surface area contributed by atoms with Gasteiger partial charge >= 0.3 is 0 Å². The first-order chi connectivity index (χ1) is 13.9. The van der Waals surface area contributed by atoms with Gasteiger partial charge in [0.1, 0.15) is 22.9 Å². The van der Waals surface area contributed by atoms with Crippen molar-refractivity contribution in [3.63, 3.8) is 0 Å².